The van der Waals surface area contributed by atoms with Crippen molar-refractivity contribution < 1.29 is 4.79 Å². The summed E-state index contributed by atoms with van der Waals surface area (Å²) in [6.45, 7) is 4.89. The lowest BCUT2D eigenvalue weighted by atomic mass is 10.1. The fraction of sp³-hybridized carbons (Fsp3) is 0.722. The highest BCUT2D eigenvalue weighted by Gasteiger charge is 2.04. The van der Waals surface area contributed by atoms with Crippen molar-refractivity contribution >= 4 is 5.78 Å². The Morgan fingerprint density at radius 2 is 1.50 bits per heavy atom. The lowest BCUT2D eigenvalue weighted by molar-refractivity contribution is 0.100. The van der Waals surface area contributed by atoms with Crippen molar-refractivity contribution in [1.29, 1.82) is 0 Å². The van der Waals surface area contributed by atoms with E-state index in [1.165, 1.54) is 64.2 Å². The Labute approximate surface area is 124 Å². The van der Waals surface area contributed by atoms with Gasteiger partial charge in [0, 0.05) is 19.7 Å². The van der Waals surface area contributed by atoms with E-state index in [1.54, 1.807) is 6.92 Å². The van der Waals surface area contributed by atoms with Gasteiger partial charge in [0.2, 0.25) is 0 Å². The van der Waals surface area contributed by atoms with Crippen LogP contribution in [-0.4, -0.2) is 10.4 Å². The topological polar surface area (TPSA) is 22.0 Å². The number of aromatic nitrogens is 1. The first-order valence-corrected chi connectivity index (χ1v) is 8.41. The van der Waals surface area contributed by atoms with E-state index in [-0.39, 0.29) is 5.78 Å². The predicted octanol–water partition coefficient (Wildman–Crippen LogP) is 5.61. The van der Waals surface area contributed by atoms with Crippen molar-refractivity contribution in [2.75, 3.05) is 0 Å². The Hall–Kier alpha value is -1.05. The Balaban J connectivity index is 1.97. The first kappa shape index (κ1) is 17.0. The van der Waals surface area contributed by atoms with Crippen LogP contribution in [0, 0.1) is 0 Å². The van der Waals surface area contributed by atoms with E-state index in [1.807, 2.05) is 18.3 Å². The molecule has 0 saturated carbocycles. The molecule has 0 aliphatic heterocycles. The minimum Gasteiger partial charge on any atom is -0.345 e. The van der Waals surface area contributed by atoms with E-state index in [0.717, 1.165) is 12.2 Å². The molecule has 0 radical (unpaired) electrons. The molecule has 0 bridgehead atoms. The number of carbonyl (C=O) groups is 1. The van der Waals surface area contributed by atoms with Crippen LogP contribution < -0.4 is 0 Å². The maximum atomic E-state index is 11.4. The van der Waals surface area contributed by atoms with E-state index in [0.29, 0.717) is 0 Å². The molecule has 0 amide bonds. The van der Waals surface area contributed by atoms with Gasteiger partial charge in [0.1, 0.15) is 0 Å². The molecule has 0 aliphatic carbocycles. The fourth-order valence-electron chi connectivity index (χ4n) is 2.70. The summed E-state index contributed by atoms with van der Waals surface area (Å²) in [5.41, 5.74) is 0.848. The van der Waals surface area contributed by atoms with Crippen molar-refractivity contribution in [3.05, 3.63) is 24.0 Å². The van der Waals surface area contributed by atoms with Gasteiger partial charge >= 0.3 is 0 Å². The highest BCUT2D eigenvalue weighted by Crippen LogP contribution is 2.12. The Bertz CT molecular complexity index is 367. The molecule has 2 nitrogen and oxygen atoms in total. The molecule has 0 N–H and O–H groups in total. The molecule has 0 spiro atoms. The number of carbonyl (C=O) groups excluding carboxylic acids is 1. The van der Waals surface area contributed by atoms with Crippen LogP contribution in [0.3, 0.4) is 0 Å². The first-order chi connectivity index (χ1) is 9.75. The van der Waals surface area contributed by atoms with Crippen LogP contribution in [-0.2, 0) is 6.54 Å². The standard InChI is InChI=1S/C18H31NO/c1-3-4-5-6-7-8-9-10-11-12-15-19-16-13-14-18(19)17(2)20/h13-14,16H,3-12,15H2,1-2H3. The van der Waals surface area contributed by atoms with E-state index < -0.39 is 0 Å². The molecule has 1 aromatic rings. The highest BCUT2D eigenvalue weighted by atomic mass is 16.1. The molecule has 1 aromatic heterocycles. The Morgan fingerprint density at radius 3 is 2.05 bits per heavy atom. The molecule has 20 heavy (non-hydrogen) atoms. The van der Waals surface area contributed by atoms with Gasteiger partial charge in [0.15, 0.2) is 5.78 Å². The molecule has 0 fully saturated rings. The molecule has 1 rings (SSSR count). The molecular formula is C18H31NO. The summed E-state index contributed by atoms with van der Waals surface area (Å²) in [5, 5.41) is 0. The van der Waals surface area contributed by atoms with Gasteiger partial charge in [0.05, 0.1) is 5.69 Å². The number of Topliss-reactive ketones (excluding diaryl/α,β-unsaturated/α-hetero) is 1. The lowest BCUT2D eigenvalue weighted by Gasteiger charge is -2.07. The van der Waals surface area contributed by atoms with Gasteiger partial charge in [-0.25, -0.2) is 0 Å². The molecular weight excluding hydrogens is 246 g/mol. The van der Waals surface area contributed by atoms with E-state index in [9.17, 15) is 4.79 Å². The van der Waals surface area contributed by atoms with Gasteiger partial charge in [-0.15, -0.1) is 0 Å². The average molecular weight is 277 g/mol. The van der Waals surface area contributed by atoms with Gasteiger partial charge in [-0.1, -0.05) is 64.7 Å². The Morgan fingerprint density at radius 1 is 0.950 bits per heavy atom. The van der Waals surface area contributed by atoms with Crippen LogP contribution in [0.15, 0.2) is 18.3 Å². The van der Waals surface area contributed by atoms with E-state index >= 15 is 0 Å². The largest absolute Gasteiger partial charge is 0.345 e. The first-order valence-electron chi connectivity index (χ1n) is 8.41. The minimum atomic E-state index is 0.169. The number of nitrogens with zero attached hydrogens (tertiary/aromatic N) is 1. The minimum absolute atomic E-state index is 0.169. The van der Waals surface area contributed by atoms with Crippen LogP contribution in [0.5, 0.6) is 0 Å². The lowest BCUT2D eigenvalue weighted by Crippen LogP contribution is -2.05. The second-order valence-electron chi connectivity index (χ2n) is 5.82. The summed E-state index contributed by atoms with van der Waals surface area (Å²) in [5.74, 6) is 0.169. The average Bonchev–Trinajstić information content (AvgIpc) is 2.89. The summed E-state index contributed by atoms with van der Waals surface area (Å²) in [4.78, 5) is 11.4. The third-order valence-corrected chi connectivity index (χ3v) is 3.94. The predicted molar refractivity (Wildman–Crippen MR) is 86.3 cm³/mol. The number of aryl methyl sites for hydroxylation is 1. The summed E-state index contributed by atoms with van der Waals surface area (Å²) >= 11 is 0. The molecule has 0 saturated heterocycles. The Kier molecular flexibility index (Phi) is 9.10. The third kappa shape index (κ3) is 6.93. The summed E-state index contributed by atoms with van der Waals surface area (Å²) in [7, 11) is 0. The van der Waals surface area contributed by atoms with Crippen LogP contribution in [0.4, 0.5) is 0 Å². The summed E-state index contributed by atoms with van der Waals surface area (Å²) in [6.07, 6.45) is 15.6. The SMILES string of the molecule is CCCCCCCCCCCCn1cccc1C(C)=O. The van der Waals surface area contributed by atoms with Crippen LogP contribution in [0.2, 0.25) is 0 Å². The van der Waals surface area contributed by atoms with Gasteiger partial charge in [-0.05, 0) is 18.6 Å². The molecule has 2 heteroatoms. The molecule has 114 valence electrons. The monoisotopic (exact) mass is 277 g/mol. The number of rotatable bonds is 12. The van der Waals surface area contributed by atoms with Crippen molar-refractivity contribution in [1.82, 2.24) is 4.57 Å². The zero-order valence-electron chi connectivity index (χ0n) is 13.4. The second kappa shape index (κ2) is 10.7. The van der Waals surface area contributed by atoms with Gasteiger partial charge in [-0.3, -0.25) is 4.79 Å². The number of hydrogen-bond donors (Lipinski definition) is 0. The van der Waals surface area contributed by atoms with Crippen molar-refractivity contribution in [3.8, 4) is 0 Å². The quantitative estimate of drug-likeness (QED) is 0.359. The smallest absolute Gasteiger partial charge is 0.176 e. The van der Waals surface area contributed by atoms with Gasteiger partial charge in [-0.2, -0.15) is 0 Å². The fourth-order valence-corrected chi connectivity index (χ4v) is 2.70. The molecule has 0 aromatic carbocycles. The normalized spacial score (nSPS) is 10.9. The summed E-state index contributed by atoms with van der Waals surface area (Å²) in [6, 6.07) is 3.88. The van der Waals surface area contributed by atoms with Crippen LogP contribution >= 0.6 is 0 Å². The summed E-state index contributed by atoms with van der Waals surface area (Å²) < 4.78 is 2.09. The van der Waals surface area contributed by atoms with Crippen molar-refractivity contribution in [2.24, 2.45) is 0 Å². The van der Waals surface area contributed by atoms with Crippen molar-refractivity contribution in [3.63, 3.8) is 0 Å². The highest BCUT2D eigenvalue weighted by molar-refractivity contribution is 5.92. The molecule has 0 unspecified atom stereocenters. The zero-order chi connectivity index (χ0) is 14.6. The van der Waals surface area contributed by atoms with E-state index in [2.05, 4.69) is 11.5 Å². The molecule has 1 heterocycles. The van der Waals surface area contributed by atoms with Gasteiger partial charge in [0.25, 0.3) is 0 Å². The van der Waals surface area contributed by atoms with E-state index in [4.69, 9.17) is 0 Å². The maximum absolute atomic E-state index is 11.4. The number of unbranched alkanes of at least 4 members (excludes halogenated alkanes) is 9. The third-order valence-electron chi connectivity index (χ3n) is 3.94. The maximum Gasteiger partial charge on any atom is 0.176 e. The zero-order valence-corrected chi connectivity index (χ0v) is 13.4. The number of ketones is 1. The number of hydrogen-bond acceptors (Lipinski definition) is 1. The second-order valence-corrected chi connectivity index (χ2v) is 5.82. The molecule has 0 atom stereocenters. The van der Waals surface area contributed by atoms with Crippen LogP contribution in [0.1, 0.15) is 88.5 Å². The van der Waals surface area contributed by atoms with Crippen LogP contribution in [0.25, 0.3) is 0 Å². The van der Waals surface area contributed by atoms with Crippen molar-refractivity contribution in [2.45, 2.75) is 84.6 Å². The molecule has 0 aliphatic rings. The van der Waals surface area contributed by atoms with Gasteiger partial charge < -0.3 is 4.57 Å².